The molecular weight excluding hydrogens is 368 g/mol. The summed E-state index contributed by atoms with van der Waals surface area (Å²) in [6.45, 7) is 1.62. The number of halogens is 1. The largest absolute Gasteiger partial charge is 0.459 e. The van der Waals surface area contributed by atoms with E-state index in [2.05, 4.69) is 5.32 Å². The Kier molecular flexibility index (Phi) is 5.43. The van der Waals surface area contributed by atoms with Crippen molar-refractivity contribution >= 4 is 40.1 Å². The summed E-state index contributed by atoms with van der Waals surface area (Å²) >= 11 is 6.07. The Hall–Kier alpha value is -3.30. The average molecular weight is 383 g/mol. The highest BCUT2D eigenvalue weighted by atomic mass is 35.5. The first kappa shape index (κ1) is 18.5. The number of furan rings is 1. The maximum Gasteiger partial charge on any atom is 0.374 e. The van der Waals surface area contributed by atoms with E-state index in [1.807, 2.05) is 6.07 Å². The lowest BCUT2D eigenvalue weighted by Gasteiger charge is -2.07. The van der Waals surface area contributed by atoms with Crippen LogP contribution in [0.15, 0.2) is 46.9 Å². The number of aryl methyl sites for hydroxylation is 1. The maximum absolute atomic E-state index is 12.3. The van der Waals surface area contributed by atoms with Crippen molar-refractivity contribution in [2.45, 2.75) is 13.3 Å². The number of benzene rings is 2. The molecule has 0 unspecified atom stereocenters. The van der Waals surface area contributed by atoms with Crippen LogP contribution in [0.5, 0.6) is 0 Å². The first-order chi connectivity index (χ1) is 13.0. The van der Waals surface area contributed by atoms with Gasteiger partial charge in [-0.3, -0.25) is 4.79 Å². The number of carbonyl (C=O) groups is 2. The molecule has 0 spiro atoms. The van der Waals surface area contributed by atoms with Gasteiger partial charge in [0.1, 0.15) is 12.7 Å². The van der Waals surface area contributed by atoms with Crippen molar-refractivity contribution in [3.05, 3.63) is 64.4 Å². The predicted octanol–water partition coefficient (Wildman–Crippen LogP) is 4.45. The number of nitrogens with zero attached hydrogens (tertiary/aromatic N) is 1. The predicted molar refractivity (Wildman–Crippen MR) is 101 cm³/mol. The first-order valence-electron chi connectivity index (χ1n) is 8.15. The highest BCUT2D eigenvalue weighted by Gasteiger charge is 2.20. The normalized spacial score (nSPS) is 10.4. The van der Waals surface area contributed by atoms with Gasteiger partial charge < -0.3 is 14.5 Å². The molecule has 27 heavy (non-hydrogen) atoms. The van der Waals surface area contributed by atoms with E-state index >= 15 is 0 Å². The average Bonchev–Trinajstić information content (AvgIpc) is 3.00. The van der Waals surface area contributed by atoms with Gasteiger partial charge in [0.05, 0.1) is 22.7 Å². The number of hydrogen-bond acceptors (Lipinski definition) is 5. The molecule has 6 nitrogen and oxygen atoms in total. The van der Waals surface area contributed by atoms with Crippen molar-refractivity contribution in [3.63, 3.8) is 0 Å². The lowest BCUT2D eigenvalue weighted by molar-refractivity contribution is -0.116. The molecule has 1 N–H and O–H groups in total. The number of ether oxygens (including phenoxy) is 1. The van der Waals surface area contributed by atoms with Gasteiger partial charge in [0.25, 0.3) is 0 Å². The molecule has 1 heterocycles. The molecule has 0 saturated heterocycles. The number of nitriles is 1. The van der Waals surface area contributed by atoms with E-state index in [0.717, 1.165) is 5.39 Å². The molecule has 0 radical (unpaired) electrons. The summed E-state index contributed by atoms with van der Waals surface area (Å²) in [4.78, 5) is 24.3. The third kappa shape index (κ3) is 3.94. The van der Waals surface area contributed by atoms with Crippen molar-refractivity contribution in [1.29, 1.82) is 5.26 Å². The number of nitrogens with one attached hydrogen (secondary N) is 1. The minimum atomic E-state index is -0.662. The van der Waals surface area contributed by atoms with Gasteiger partial charge in [-0.05, 0) is 25.1 Å². The zero-order valence-corrected chi connectivity index (χ0v) is 15.2. The van der Waals surface area contributed by atoms with Crippen LogP contribution in [0.2, 0.25) is 5.02 Å². The molecule has 3 aromatic rings. The molecule has 1 aromatic heterocycles. The number of fused-ring (bicyclic) bond motifs is 1. The standard InChI is InChI=1S/C20H15ClN2O4/c1-12-14-6-4-7-15(21)19(14)27-18(12)20(25)26-10-9-17(24)23-16-8-3-2-5-13(16)11-22/h2-8H,9-10H2,1H3,(H,23,24). The third-order valence-corrected chi connectivity index (χ3v) is 4.28. The summed E-state index contributed by atoms with van der Waals surface area (Å²) in [7, 11) is 0. The molecular formula is C20H15ClN2O4. The van der Waals surface area contributed by atoms with E-state index in [1.165, 1.54) is 0 Å². The van der Waals surface area contributed by atoms with Gasteiger partial charge in [-0.15, -0.1) is 0 Å². The van der Waals surface area contributed by atoms with E-state index in [0.29, 0.717) is 27.4 Å². The molecule has 0 atom stereocenters. The van der Waals surface area contributed by atoms with Crippen molar-refractivity contribution < 1.29 is 18.7 Å². The van der Waals surface area contributed by atoms with Crippen LogP contribution in [0.1, 0.15) is 28.1 Å². The van der Waals surface area contributed by atoms with Gasteiger partial charge in [-0.25, -0.2) is 4.79 Å². The number of rotatable bonds is 5. The number of carbonyl (C=O) groups excluding carboxylic acids is 2. The maximum atomic E-state index is 12.3. The molecule has 0 fully saturated rings. The van der Waals surface area contributed by atoms with Crippen LogP contribution in [0.4, 0.5) is 5.69 Å². The van der Waals surface area contributed by atoms with Gasteiger partial charge in [0.2, 0.25) is 11.7 Å². The number of anilines is 1. The Morgan fingerprint density at radius 1 is 1.22 bits per heavy atom. The molecule has 0 aliphatic rings. The SMILES string of the molecule is Cc1c(C(=O)OCCC(=O)Nc2ccccc2C#N)oc2c(Cl)cccc12. The fraction of sp³-hybridized carbons (Fsp3) is 0.150. The van der Waals surface area contributed by atoms with Crippen molar-refractivity contribution in [2.75, 3.05) is 11.9 Å². The summed E-state index contributed by atoms with van der Waals surface area (Å²) in [6, 6.07) is 13.9. The monoisotopic (exact) mass is 382 g/mol. The summed E-state index contributed by atoms with van der Waals surface area (Å²) in [5.74, 6) is -0.965. The molecule has 136 valence electrons. The second kappa shape index (κ2) is 7.94. The summed E-state index contributed by atoms with van der Waals surface area (Å²) in [5.41, 5.74) is 1.83. The highest BCUT2D eigenvalue weighted by Crippen LogP contribution is 2.31. The topological polar surface area (TPSA) is 92.3 Å². The van der Waals surface area contributed by atoms with E-state index in [9.17, 15) is 9.59 Å². The zero-order valence-electron chi connectivity index (χ0n) is 14.4. The molecule has 0 bridgehead atoms. The van der Waals surface area contributed by atoms with Crippen molar-refractivity contribution in [2.24, 2.45) is 0 Å². The van der Waals surface area contributed by atoms with Crippen LogP contribution in [0.25, 0.3) is 11.0 Å². The van der Waals surface area contributed by atoms with Gasteiger partial charge >= 0.3 is 5.97 Å². The first-order valence-corrected chi connectivity index (χ1v) is 8.52. The number of para-hydroxylation sites is 2. The Morgan fingerprint density at radius 2 is 2.00 bits per heavy atom. The van der Waals surface area contributed by atoms with Crippen molar-refractivity contribution in [3.8, 4) is 6.07 Å². The van der Waals surface area contributed by atoms with E-state index in [-0.39, 0.29) is 24.7 Å². The van der Waals surface area contributed by atoms with Gasteiger partial charge in [-0.1, -0.05) is 35.9 Å². The second-order valence-corrected chi connectivity index (χ2v) is 6.17. The summed E-state index contributed by atoms with van der Waals surface area (Å²) < 4.78 is 10.7. The van der Waals surface area contributed by atoms with Crippen LogP contribution >= 0.6 is 11.6 Å². The van der Waals surface area contributed by atoms with Gasteiger partial charge in [-0.2, -0.15) is 5.26 Å². The van der Waals surface area contributed by atoms with Gasteiger partial charge in [0.15, 0.2) is 5.58 Å². The minimum absolute atomic E-state index is 0.0501. The van der Waals surface area contributed by atoms with Crippen LogP contribution in [-0.2, 0) is 9.53 Å². The van der Waals surface area contributed by atoms with Crippen LogP contribution < -0.4 is 5.32 Å². The van der Waals surface area contributed by atoms with Crippen LogP contribution in [-0.4, -0.2) is 18.5 Å². The number of hydrogen-bond donors (Lipinski definition) is 1. The molecule has 1 amide bonds. The number of amides is 1. The molecule has 0 saturated carbocycles. The molecule has 0 aliphatic heterocycles. The van der Waals surface area contributed by atoms with E-state index in [1.54, 1.807) is 49.4 Å². The molecule has 3 rings (SSSR count). The van der Waals surface area contributed by atoms with E-state index in [4.69, 9.17) is 26.0 Å². The molecule has 0 aliphatic carbocycles. The number of esters is 1. The lowest BCUT2D eigenvalue weighted by atomic mass is 10.1. The Bertz CT molecular complexity index is 1070. The third-order valence-electron chi connectivity index (χ3n) is 3.98. The smallest absolute Gasteiger partial charge is 0.374 e. The van der Waals surface area contributed by atoms with Crippen LogP contribution in [0, 0.1) is 18.3 Å². The highest BCUT2D eigenvalue weighted by molar-refractivity contribution is 6.35. The Morgan fingerprint density at radius 3 is 2.74 bits per heavy atom. The Labute approximate surface area is 160 Å². The van der Waals surface area contributed by atoms with Crippen molar-refractivity contribution in [1.82, 2.24) is 0 Å². The molecule has 7 heteroatoms. The quantitative estimate of drug-likeness (QED) is 0.658. The van der Waals surface area contributed by atoms with Crippen LogP contribution in [0.3, 0.4) is 0 Å². The van der Waals surface area contributed by atoms with E-state index < -0.39 is 5.97 Å². The van der Waals surface area contributed by atoms with Gasteiger partial charge in [0, 0.05) is 10.9 Å². The lowest BCUT2D eigenvalue weighted by Crippen LogP contribution is -2.16. The zero-order chi connectivity index (χ0) is 19.4. The second-order valence-electron chi connectivity index (χ2n) is 5.76. The molecule has 2 aromatic carbocycles. The summed E-state index contributed by atoms with van der Waals surface area (Å²) in [6.07, 6.45) is -0.0501. The minimum Gasteiger partial charge on any atom is -0.459 e. The Balaban J connectivity index is 1.60. The fourth-order valence-electron chi connectivity index (χ4n) is 2.61. The fourth-order valence-corrected chi connectivity index (χ4v) is 2.82. The summed E-state index contributed by atoms with van der Waals surface area (Å²) in [5, 5.41) is 12.8.